The lowest BCUT2D eigenvalue weighted by atomic mass is 10.1. The van der Waals surface area contributed by atoms with Crippen LogP contribution in [0.5, 0.6) is 0 Å². The van der Waals surface area contributed by atoms with E-state index in [0.717, 1.165) is 22.2 Å². The number of nitrogens with zero attached hydrogens (tertiary/aromatic N) is 4. The van der Waals surface area contributed by atoms with Crippen LogP contribution in [0.1, 0.15) is 11.1 Å². The molecule has 0 atom stereocenters. The lowest BCUT2D eigenvalue weighted by Crippen LogP contribution is -2.13. The van der Waals surface area contributed by atoms with Crippen molar-refractivity contribution in [3.63, 3.8) is 0 Å². The third-order valence-electron chi connectivity index (χ3n) is 3.62. The molecule has 1 aromatic carbocycles. The molecule has 0 bridgehead atoms. The van der Waals surface area contributed by atoms with Crippen molar-refractivity contribution in [1.82, 2.24) is 19.7 Å². The van der Waals surface area contributed by atoms with Crippen molar-refractivity contribution in [3.8, 4) is 0 Å². The van der Waals surface area contributed by atoms with E-state index in [-0.39, 0.29) is 4.90 Å². The van der Waals surface area contributed by atoms with E-state index >= 15 is 0 Å². The van der Waals surface area contributed by atoms with Crippen LogP contribution in [0.3, 0.4) is 0 Å². The normalized spacial score (nSPS) is 11.8. The summed E-state index contributed by atoms with van der Waals surface area (Å²) < 4.78 is 24.4. The first-order valence-electron chi connectivity index (χ1n) is 6.85. The summed E-state index contributed by atoms with van der Waals surface area (Å²) in [5.74, 6) is 0.679. The molecule has 3 aromatic rings. The summed E-state index contributed by atoms with van der Waals surface area (Å²) >= 11 is 0. The first kappa shape index (κ1) is 15.4. The zero-order valence-corrected chi connectivity index (χ0v) is 13.5. The highest BCUT2D eigenvalue weighted by molar-refractivity contribution is 7.89. The molecule has 3 N–H and O–H groups in total. The molecule has 8 nitrogen and oxygen atoms in total. The van der Waals surface area contributed by atoms with Crippen molar-refractivity contribution in [3.05, 3.63) is 41.9 Å². The number of nitrogens with one attached hydrogen (secondary N) is 1. The first-order valence-corrected chi connectivity index (χ1v) is 8.40. The number of fused-ring (bicyclic) bond motifs is 1. The van der Waals surface area contributed by atoms with Gasteiger partial charge in [-0.05, 0) is 30.2 Å². The second-order valence-corrected chi connectivity index (χ2v) is 6.78. The second kappa shape index (κ2) is 5.60. The van der Waals surface area contributed by atoms with Gasteiger partial charge in [0.1, 0.15) is 12.1 Å². The van der Waals surface area contributed by atoms with Crippen LogP contribution in [0.15, 0.2) is 35.6 Å². The van der Waals surface area contributed by atoms with Crippen LogP contribution in [-0.2, 0) is 23.6 Å². The van der Waals surface area contributed by atoms with Crippen molar-refractivity contribution in [2.75, 3.05) is 5.32 Å². The molecule has 9 heteroatoms. The maximum Gasteiger partial charge on any atom is 0.238 e. The Hall–Kier alpha value is -2.52. The van der Waals surface area contributed by atoms with Crippen molar-refractivity contribution >= 4 is 26.9 Å². The molecule has 0 saturated carbocycles. The molecule has 0 fully saturated rings. The number of anilines is 1. The van der Waals surface area contributed by atoms with Gasteiger partial charge in [-0.3, -0.25) is 4.68 Å². The first-order chi connectivity index (χ1) is 10.9. The largest absolute Gasteiger partial charge is 0.365 e. The van der Waals surface area contributed by atoms with Crippen molar-refractivity contribution < 1.29 is 8.42 Å². The highest BCUT2D eigenvalue weighted by Crippen LogP contribution is 2.20. The summed E-state index contributed by atoms with van der Waals surface area (Å²) in [6.07, 6.45) is 3.18. The number of rotatable bonds is 4. The minimum absolute atomic E-state index is 0.107. The van der Waals surface area contributed by atoms with Gasteiger partial charge in [-0.25, -0.2) is 23.5 Å². The van der Waals surface area contributed by atoms with E-state index in [9.17, 15) is 8.42 Å². The highest BCUT2D eigenvalue weighted by Gasteiger charge is 2.11. The van der Waals surface area contributed by atoms with Crippen LogP contribution in [0.25, 0.3) is 11.0 Å². The summed E-state index contributed by atoms with van der Waals surface area (Å²) in [5, 5.41) is 13.4. The zero-order chi connectivity index (χ0) is 16.6. The van der Waals surface area contributed by atoms with E-state index in [2.05, 4.69) is 20.4 Å². The number of hydrogen-bond acceptors (Lipinski definition) is 6. The maximum absolute atomic E-state index is 11.4. The van der Waals surface area contributed by atoms with E-state index in [1.54, 1.807) is 23.0 Å². The fourth-order valence-corrected chi connectivity index (χ4v) is 2.92. The Bertz CT molecular complexity index is 980. The Morgan fingerprint density at radius 3 is 2.78 bits per heavy atom. The van der Waals surface area contributed by atoms with Crippen molar-refractivity contribution in [2.24, 2.45) is 12.2 Å². The van der Waals surface area contributed by atoms with E-state index < -0.39 is 10.0 Å². The molecule has 0 aliphatic carbocycles. The molecular weight excluding hydrogens is 316 g/mol. The lowest BCUT2D eigenvalue weighted by molar-refractivity contribution is 0.597. The summed E-state index contributed by atoms with van der Waals surface area (Å²) in [6, 6.07) is 4.80. The van der Waals surface area contributed by atoms with Gasteiger partial charge in [0, 0.05) is 13.6 Å². The van der Waals surface area contributed by atoms with Gasteiger partial charge >= 0.3 is 0 Å². The number of nitrogens with two attached hydrogens (primary N) is 1. The van der Waals surface area contributed by atoms with Crippen LogP contribution in [0.2, 0.25) is 0 Å². The number of primary sulfonamides is 1. The summed E-state index contributed by atoms with van der Waals surface area (Å²) in [7, 11) is -1.87. The number of benzene rings is 1. The lowest BCUT2D eigenvalue weighted by Gasteiger charge is -2.10. The van der Waals surface area contributed by atoms with E-state index in [4.69, 9.17) is 5.14 Å². The summed E-state index contributed by atoms with van der Waals surface area (Å²) in [5.41, 5.74) is 2.53. The van der Waals surface area contributed by atoms with Gasteiger partial charge in [0.2, 0.25) is 10.0 Å². The number of aryl methyl sites for hydroxylation is 2. The Balaban J connectivity index is 1.85. The van der Waals surface area contributed by atoms with Gasteiger partial charge in [0.05, 0.1) is 16.5 Å². The van der Waals surface area contributed by atoms with E-state index in [1.807, 2.05) is 14.0 Å². The monoisotopic (exact) mass is 332 g/mol. The van der Waals surface area contributed by atoms with Gasteiger partial charge in [-0.2, -0.15) is 5.10 Å². The number of aromatic nitrogens is 4. The van der Waals surface area contributed by atoms with E-state index in [0.29, 0.717) is 12.4 Å². The fraction of sp³-hybridized carbons (Fsp3) is 0.214. The molecular formula is C14H16N6O2S. The fourth-order valence-electron chi connectivity index (χ4n) is 2.33. The van der Waals surface area contributed by atoms with Crippen molar-refractivity contribution in [1.29, 1.82) is 0 Å². The molecule has 2 heterocycles. The molecule has 0 radical (unpaired) electrons. The quantitative estimate of drug-likeness (QED) is 0.734. The molecule has 0 amide bonds. The minimum atomic E-state index is -3.69. The van der Waals surface area contributed by atoms with E-state index in [1.165, 1.54) is 12.4 Å². The Kier molecular flexibility index (Phi) is 3.74. The topological polar surface area (TPSA) is 116 Å². The molecule has 3 rings (SSSR count). The smallest absolute Gasteiger partial charge is 0.238 e. The molecule has 0 unspecified atom stereocenters. The third-order valence-corrected chi connectivity index (χ3v) is 4.53. The standard InChI is InChI=1S/C14H16N6O2S/c1-9-5-11(23(15,21)22)4-3-10(9)6-16-13-12-7-19-20(2)14(12)18-8-17-13/h3-5,7-8H,6H2,1-2H3,(H2,15,21,22)(H,16,17,18). The van der Waals surface area contributed by atoms with Gasteiger partial charge < -0.3 is 5.32 Å². The van der Waals surface area contributed by atoms with Crippen LogP contribution in [-0.4, -0.2) is 28.2 Å². The SMILES string of the molecule is Cc1cc(S(N)(=O)=O)ccc1CNc1ncnc2c1cnn2C. The van der Waals surface area contributed by atoms with Crippen LogP contribution >= 0.6 is 0 Å². The highest BCUT2D eigenvalue weighted by atomic mass is 32.2. The van der Waals surface area contributed by atoms with Gasteiger partial charge in [-0.15, -0.1) is 0 Å². The molecule has 0 spiro atoms. The Morgan fingerprint density at radius 1 is 1.30 bits per heavy atom. The molecule has 23 heavy (non-hydrogen) atoms. The summed E-state index contributed by atoms with van der Waals surface area (Å²) in [4.78, 5) is 8.52. The maximum atomic E-state index is 11.4. The van der Waals surface area contributed by atoms with Crippen molar-refractivity contribution in [2.45, 2.75) is 18.4 Å². The number of hydrogen-bond donors (Lipinski definition) is 2. The van der Waals surface area contributed by atoms with Gasteiger partial charge in [0.15, 0.2) is 5.65 Å². The van der Waals surface area contributed by atoms with Crippen LogP contribution in [0.4, 0.5) is 5.82 Å². The van der Waals surface area contributed by atoms with Crippen LogP contribution in [0, 0.1) is 6.92 Å². The summed E-state index contributed by atoms with van der Waals surface area (Å²) in [6.45, 7) is 2.34. The Labute approximate surface area is 133 Å². The van der Waals surface area contributed by atoms with Gasteiger partial charge in [-0.1, -0.05) is 6.07 Å². The minimum Gasteiger partial charge on any atom is -0.365 e. The second-order valence-electron chi connectivity index (χ2n) is 5.21. The average molecular weight is 332 g/mol. The predicted molar refractivity (Wildman–Crippen MR) is 86.2 cm³/mol. The molecule has 0 aliphatic rings. The van der Waals surface area contributed by atoms with Gasteiger partial charge in [0.25, 0.3) is 0 Å². The predicted octanol–water partition coefficient (Wildman–Crippen LogP) is 0.931. The average Bonchev–Trinajstić information content (AvgIpc) is 2.87. The third kappa shape index (κ3) is 3.01. The molecule has 0 saturated heterocycles. The zero-order valence-electron chi connectivity index (χ0n) is 12.7. The molecule has 120 valence electrons. The van der Waals surface area contributed by atoms with Crippen LogP contribution < -0.4 is 10.5 Å². The number of sulfonamides is 1. The Morgan fingerprint density at radius 2 is 2.09 bits per heavy atom. The molecule has 2 aromatic heterocycles. The molecule has 0 aliphatic heterocycles.